The summed E-state index contributed by atoms with van der Waals surface area (Å²) in [6.45, 7) is 0.179. The Labute approximate surface area is 109 Å². The highest BCUT2D eigenvalue weighted by Gasteiger charge is 2.25. The zero-order chi connectivity index (χ0) is 14.5. The number of nitrogens with two attached hydrogens (primary N) is 2. The lowest BCUT2D eigenvalue weighted by molar-refractivity contribution is -0.135. The number of anilines is 2. The lowest BCUT2D eigenvalue weighted by atomic mass is 10.1. The van der Waals surface area contributed by atoms with E-state index in [2.05, 4.69) is 5.32 Å². The first-order valence-electron chi connectivity index (χ1n) is 5.79. The summed E-state index contributed by atoms with van der Waals surface area (Å²) in [5, 5.41) is 2.52. The summed E-state index contributed by atoms with van der Waals surface area (Å²) < 4.78 is 35.6. The van der Waals surface area contributed by atoms with Crippen LogP contribution in [0.4, 0.5) is 24.5 Å². The molecular formula is C12H16F3N3O. The summed E-state index contributed by atoms with van der Waals surface area (Å²) in [4.78, 5) is 11.7. The van der Waals surface area contributed by atoms with Gasteiger partial charge in [-0.1, -0.05) is 0 Å². The van der Waals surface area contributed by atoms with Crippen LogP contribution in [0.15, 0.2) is 18.2 Å². The van der Waals surface area contributed by atoms with E-state index in [1.54, 1.807) is 0 Å². The average Bonchev–Trinajstić information content (AvgIpc) is 2.26. The Morgan fingerprint density at radius 1 is 1.21 bits per heavy atom. The van der Waals surface area contributed by atoms with Gasteiger partial charge in [-0.2, -0.15) is 13.2 Å². The van der Waals surface area contributed by atoms with E-state index < -0.39 is 18.5 Å². The topological polar surface area (TPSA) is 81.1 Å². The first kappa shape index (κ1) is 15.1. The second-order valence-electron chi connectivity index (χ2n) is 4.17. The van der Waals surface area contributed by atoms with E-state index in [0.29, 0.717) is 5.69 Å². The maximum absolute atomic E-state index is 11.9. The van der Waals surface area contributed by atoms with E-state index in [0.717, 1.165) is 0 Å². The molecule has 0 fully saturated rings. The molecule has 0 unspecified atom stereocenters. The van der Waals surface area contributed by atoms with Crippen molar-refractivity contribution in [2.75, 3.05) is 18.0 Å². The molecule has 0 aliphatic carbocycles. The van der Waals surface area contributed by atoms with Crippen LogP contribution >= 0.6 is 0 Å². The van der Waals surface area contributed by atoms with Gasteiger partial charge in [-0.15, -0.1) is 0 Å². The molecule has 1 amide bonds. The van der Waals surface area contributed by atoms with Crippen molar-refractivity contribution in [3.63, 3.8) is 0 Å². The summed E-state index contributed by atoms with van der Waals surface area (Å²) in [6, 6.07) is 4.48. The Hall–Kier alpha value is -1.92. The fraction of sp³-hybridized carbons (Fsp3) is 0.417. The van der Waals surface area contributed by atoms with E-state index in [1.807, 2.05) is 0 Å². The van der Waals surface area contributed by atoms with Crippen LogP contribution in [0.25, 0.3) is 0 Å². The number of halogens is 3. The van der Waals surface area contributed by atoms with Crippen LogP contribution in [0, 0.1) is 0 Å². The van der Waals surface area contributed by atoms with Gasteiger partial charge in [0.2, 0.25) is 0 Å². The van der Waals surface area contributed by atoms with Crippen LogP contribution in [0.2, 0.25) is 0 Å². The minimum atomic E-state index is -4.15. The lowest BCUT2D eigenvalue weighted by Crippen LogP contribution is -2.25. The summed E-state index contributed by atoms with van der Waals surface area (Å²) in [5.41, 5.74) is 12.1. The number of unbranched alkanes of at least 4 members (excludes halogenated alkanes) is 1. The van der Waals surface area contributed by atoms with Gasteiger partial charge in [0, 0.05) is 24.3 Å². The highest BCUT2D eigenvalue weighted by Crippen LogP contribution is 2.22. The number of hydrogen-bond donors (Lipinski definition) is 3. The first-order chi connectivity index (χ1) is 8.79. The quantitative estimate of drug-likeness (QED) is 0.569. The smallest absolute Gasteiger partial charge is 0.389 e. The van der Waals surface area contributed by atoms with E-state index >= 15 is 0 Å². The monoisotopic (exact) mass is 275 g/mol. The SMILES string of the molecule is Nc1ccc(C(=O)NCCCCC(F)(F)F)c(N)c1. The van der Waals surface area contributed by atoms with Crippen molar-refractivity contribution in [3.05, 3.63) is 23.8 Å². The summed E-state index contributed by atoms with van der Waals surface area (Å²) in [7, 11) is 0. The van der Waals surface area contributed by atoms with Crippen LogP contribution < -0.4 is 16.8 Å². The number of alkyl halides is 3. The minimum absolute atomic E-state index is 0.0129. The maximum Gasteiger partial charge on any atom is 0.389 e. The number of carbonyl (C=O) groups excluding carboxylic acids is 1. The van der Waals surface area contributed by atoms with Crippen molar-refractivity contribution in [1.82, 2.24) is 5.32 Å². The number of nitrogen functional groups attached to an aromatic ring is 2. The van der Waals surface area contributed by atoms with Gasteiger partial charge < -0.3 is 16.8 Å². The van der Waals surface area contributed by atoms with Gasteiger partial charge in [0.25, 0.3) is 5.91 Å². The molecule has 0 saturated carbocycles. The van der Waals surface area contributed by atoms with E-state index in [9.17, 15) is 18.0 Å². The fourth-order valence-corrected chi connectivity index (χ4v) is 1.54. The molecule has 0 saturated heterocycles. The molecule has 1 rings (SSSR count). The van der Waals surface area contributed by atoms with Crippen LogP contribution in [0.3, 0.4) is 0 Å². The van der Waals surface area contributed by atoms with Gasteiger partial charge in [-0.25, -0.2) is 0 Å². The molecule has 0 bridgehead atoms. The molecule has 7 heteroatoms. The Bertz CT molecular complexity index is 446. The third kappa shape index (κ3) is 5.50. The molecule has 0 spiro atoms. The van der Waals surface area contributed by atoms with Crippen molar-refractivity contribution in [1.29, 1.82) is 0 Å². The third-order valence-electron chi connectivity index (χ3n) is 2.49. The van der Waals surface area contributed by atoms with Crippen molar-refractivity contribution in [2.24, 2.45) is 0 Å². The molecule has 4 nitrogen and oxygen atoms in total. The molecule has 0 heterocycles. The van der Waals surface area contributed by atoms with E-state index in [-0.39, 0.29) is 30.6 Å². The van der Waals surface area contributed by atoms with E-state index in [4.69, 9.17) is 11.5 Å². The first-order valence-corrected chi connectivity index (χ1v) is 5.79. The van der Waals surface area contributed by atoms with Crippen LogP contribution in [-0.2, 0) is 0 Å². The molecule has 0 aromatic heterocycles. The van der Waals surface area contributed by atoms with Gasteiger partial charge in [0.15, 0.2) is 0 Å². The summed E-state index contributed by atoms with van der Waals surface area (Å²) >= 11 is 0. The van der Waals surface area contributed by atoms with Gasteiger partial charge in [-0.3, -0.25) is 4.79 Å². The van der Waals surface area contributed by atoms with Gasteiger partial charge in [0.05, 0.1) is 5.56 Å². The number of hydrogen-bond acceptors (Lipinski definition) is 3. The highest BCUT2D eigenvalue weighted by molar-refractivity contribution is 5.99. The second-order valence-corrected chi connectivity index (χ2v) is 4.17. The average molecular weight is 275 g/mol. The van der Waals surface area contributed by atoms with Crippen molar-refractivity contribution >= 4 is 17.3 Å². The Kier molecular flexibility index (Phi) is 5.02. The molecule has 1 aromatic carbocycles. The van der Waals surface area contributed by atoms with Crippen molar-refractivity contribution in [3.8, 4) is 0 Å². The maximum atomic E-state index is 11.9. The molecule has 19 heavy (non-hydrogen) atoms. The molecule has 0 atom stereocenters. The number of rotatable bonds is 5. The normalized spacial score (nSPS) is 11.3. The molecule has 0 aliphatic rings. The molecule has 0 radical (unpaired) electrons. The summed E-state index contributed by atoms with van der Waals surface area (Å²) in [6.07, 6.45) is -4.74. The molecule has 5 N–H and O–H groups in total. The summed E-state index contributed by atoms with van der Waals surface area (Å²) in [5.74, 6) is -0.412. The van der Waals surface area contributed by atoms with Crippen molar-refractivity contribution in [2.45, 2.75) is 25.4 Å². The predicted molar refractivity (Wildman–Crippen MR) is 67.5 cm³/mol. The Balaban J connectivity index is 2.36. The number of benzene rings is 1. The standard InChI is InChI=1S/C12H16F3N3O/c13-12(14,15)5-1-2-6-18-11(19)9-4-3-8(16)7-10(9)17/h3-4,7H,1-2,5-6,16-17H2,(H,18,19). The zero-order valence-corrected chi connectivity index (χ0v) is 10.3. The van der Waals surface area contributed by atoms with Gasteiger partial charge in [0.1, 0.15) is 0 Å². The molecule has 106 valence electrons. The van der Waals surface area contributed by atoms with Gasteiger partial charge >= 0.3 is 6.18 Å². The Morgan fingerprint density at radius 3 is 2.47 bits per heavy atom. The van der Waals surface area contributed by atoms with Crippen LogP contribution in [0.1, 0.15) is 29.6 Å². The second kappa shape index (κ2) is 6.31. The van der Waals surface area contributed by atoms with Crippen LogP contribution in [0.5, 0.6) is 0 Å². The molecule has 0 aliphatic heterocycles. The highest BCUT2D eigenvalue weighted by atomic mass is 19.4. The third-order valence-corrected chi connectivity index (χ3v) is 2.49. The zero-order valence-electron chi connectivity index (χ0n) is 10.3. The largest absolute Gasteiger partial charge is 0.399 e. The fourth-order valence-electron chi connectivity index (χ4n) is 1.54. The Morgan fingerprint density at radius 2 is 1.89 bits per heavy atom. The molecular weight excluding hydrogens is 259 g/mol. The number of carbonyl (C=O) groups is 1. The number of nitrogens with one attached hydrogen (secondary N) is 1. The van der Waals surface area contributed by atoms with Gasteiger partial charge in [-0.05, 0) is 31.0 Å². The van der Waals surface area contributed by atoms with Crippen molar-refractivity contribution < 1.29 is 18.0 Å². The van der Waals surface area contributed by atoms with Crippen LogP contribution in [-0.4, -0.2) is 18.6 Å². The molecule has 1 aromatic rings. The minimum Gasteiger partial charge on any atom is -0.399 e. The number of amides is 1. The van der Waals surface area contributed by atoms with E-state index in [1.165, 1.54) is 18.2 Å². The lowest BCUT2D eigenvalue weighted by Gasteiger charge is -2.09. The predicted octanol–water partition coefficient (Wildman–Crippen LogP) is 2.31.